The summed E-state index contributed by atoms with van der Waals surface area (Å²) in [5.41, 5.74) is 2.26. The van der Waals surface area contributed by atoms with Gasteiger partial charge in [-0.3, -0.25) is 14.3 Å². The molecule has 0 spiro atoms. The van der Waals surface area contributed by atoms with E-state index in [0.717, 1.165) is 34.0 Å². The second kappa shape index (κ2) is 12.7. The topological polar surface area (TPSA) is 103 Å². The molecule has 0 aliphatic carbocycles. The number of ether oxygens (including phenoxy) is 2. The number of nitrogens with one attached hydrogen (secondary N) is 1. The SMILES string of the molecule is COc1ccc2cc(-c3cc(-c4cc(C(F)(F)F)ccc4OC)nn3[C@@H](C)c3ccc(C(=O)NCCC(=O)O)cc3)ccc2c1. The number of carboxylic acid groups (broad SMARTS) is 1. The van der Waals surface area contributed by atoms with E-state index < -0.39 is 29.7 Å². The average molecular weight is 618 g/mol. The number of amides is 1. The summed E-state index contributed by atoms with van der Waals surface area (Å²) in [6.07, 6.45) is -4.75. The predicted octanol–water partition coefficient (Wildman–Crippen LogP) is 7.22. The minimum atomic E-state index is -4.55. The third-order valence-electron chi connectivity index (χ3n) is 7.53. The van der Waals surface area contributed by atoms with Crippen molar-refractivity contribution in [2.75, 3.05) is 20.8 Å². The van der Waals surface area contributed by atoms with Crippen LogP contribution in [0.15, 0.2) is 84.9 Å². The zero-order chi connectivity index (χ0) is 32.3. The number of halogens is 3. The van der Waals surface area contributed by atoms with Crippen molar-refractivity contribution < 1.29 is 37.3 Å². The predicted molar refractivity (Wildman–Crippen MR) is 164 cm³/mol. The van der Waals surface area contributed by atoms with Gasteiger partial charge in [-0.25, -0.2) is 0 Å². The van der Waals surface area contributed by atoms with E-state index >= 15 is 0 Å². The zero-order valence-corrected chi connectivity index (χ0v) is 24.7. The maximum absolute atomic E-state index is 13.7. The summed E-state index contributed by atoms with van der Waals surface area (Å²) in [6.45, 7) is 1.90. The number of carbonyl (C=O) groups excluding carboxylic acids is 1. The van der Waals surface area contributed by atoms with E-state index in [1.807, 2.05) is 43.3 Å². The van der Waals surface area contributed by atoms with E-state index in [0.29, 0.717) is 22.7 Å². The zero-order valence-electron chi connectivity index (χ0n) is 24.7. The standard InChI is InChI=1S/C34H30F3N3O5/c1-20(21-4-6-22(7-5-21)33(43)38-15-14-32(41)42)40-30(25-9-8-24-17-27(44-2)12-10-23(24)16-25)19-29(39-40)28-18-26(34(35,36)37)11-13-31(28)45-3/h4-13,16-20H,14-15H2,1-3H3,(H,38,43)(H,41,42)/t20-/m0/s1. The van der Waals surface area contributed by atoms with Gasteiger partial charge in [0.2, 0.25) is 0 Å². The van der Waals surface area contributed by atoms with E-state index in [2.05, 4.69) is 5.32 Å². The third-order valence-corrected chi connectivity index (χ3v) is 7.53. The lowest BCUT2D eigenvalue weighted by atomic mass is 10.0. The van der Waals surface area contributed by atoms with Crippen molar-refractivity contribution >= 4 is 22.6 Å². The number of methoxy groups -OCH3 is 2. The number of hydrogen-bond acceptors (Lipinski definition) is 5. The lowest BCUT2D eigenvalue weighted by Gasteiger charge is -2.17. The highest BCUT2D eigenvalue weighted by Crippen LogP contribution is 2.39. The quantitative estimate of drug-likeness (QED) is 0.172. The molecule has 1 aromatic heterocycles. The lowest BCUT2D eigenvalue weighted by Crippen LogP contribution is -2.26. The fourth-order valence-corrected chi connectivity index (χ4v) is 5.07. The Morgan fingerprint density at radius 3 is 2.29 bits per heavy atom. The van der Waals surface area contributed by atoms with Gasteiger partial charge in [0.25, 0.3) is 5.91 Å². The number of hydrogen-bond donors (Lipinski definition) is 2. The maximum atomic E-state index is 13.7. The summed E-state index contributed by atoms with van der Waals surface area (Å²) in [5, 5.41) is 18.1. The second-order valence-corrected chi connectivity index (χ2v) is 10.4. The van der Waals surface area contributed by atoms with Crippen LogP contribution in [0.3, 0.4) is 0 Å². The van der Waals surface area contributed by atoms with Crippen LogP contribution in [0.2, 0.25) is 0 Å². The van der Waals surface area contributed by atoms with Crippen LogP contribution >= 0.6 is 0 Å². The van der Waals surface area contributed by atoms with Crippen molar-refractivity contribution in [2.45, 2.75) is 25.6 Å². The molecular formula is C34H30F3N3O5. The number of rotatable bonds is 10. The van der Waals surface area contributed by atoms with Gasteiger partial charge in [0.1, 0.15) is 11.5 Å². The summed E-state index contributed by atoms with van der Waals surface area (Å²) in [5.74, 6) is -0.452. The van der Waals surface area contributed by atoms with Crippen LogP contribution in [-0.2, 0) is 11.0 Å². The molecule has 5 aromatic rings. The molecule has 0 radical (unpaired) electrons. The van der Waals surface area contributed by atoms with Crippen LogP contribution in [0.25, 0.3) is 33.3 Å². The highest BCUT2D eigenvalue weighted by atomic mass is 19.4. The number of nitrogens with zero attached hydrogens (tertiary/aromatic N) is 2. The van der Waals surface area contributed by atoms with Crippen LogP contribution in [0, 0.1) is 0 Å². The van der Waals surface area contributed by atoms with Crippen molar-refractivity contribution in [3.05, 3.63) is 102 Å². The van der Waals surface area contributed by atoms with Gasteiger partial charge in [-0.15, -0.1) is 0 Å². The van der Waals surface area contributed by atoms with Gasteiger partial charge in [-0.1, -0.05) is 30.3 Å². The number of benzene rings is 4. The molecule has 1 amide bonds. The first-order valence-electron chi connectivity index (χ1n) is 14.0. The highest BCUT2D eigenvalue weighted by Gasteiger charge is 2.32. The minimum Gasteiger partial charge on any atom is -0.497 e. The Morgan fingerprint density at radius 2 is 1.62 bits per heavy atom. The minimum absolute atomic E-state index is 0.00326. The number of aliphatic carboxylic acids is 1. The molecule has 8 nitrogen and oxygen atoms in total. The maximum Gasteiger partial charge on any atom is 0.416 e. The monoisotopic (exact) mass is 617 g/mol. The van der Waals surface area contributed by atoms with Gasteiger partial charge < -0.3 is 19.9 Å². The first-order valence-corrected chi connectivity index (χ1v) is 14.0. The number of fused-ring (bicyclic) bond motifs is 1. The molecule has 0 saturated heterocycles. The molecule has 1 atom stereocenters. The van der Waals surface area contributed by atoms with Gasteiger partial charge in [0.05, 0.1) is 43.6 Å². The van der Waals surface area contributed by atoms with Crippen molar-refractivity contribution in [1.82, 2.24) is 15.1 Å². The van der Waals surface area contributed by atoms with Crippen LogP contribution in [-0.4, -0.2) is 47.5 Å². The molecule has 5 rings (SSSR count). The summed E-state index contributed by atoms with van der Waals surface area (Å²) < 4.78 is 53.6. The fraction of sp³-hybridized carbons (Fsp3) is 0.206. The molecule has 0 bridgehead atoms. The Morgan fingerprint density at radius 1 is 0.911 bits per heavy atom. The largest absolute Gasteiger partial charge is 0.497 e. The lowest BCUT2D eigenvalue weighted by molar-refractivity contribution is -0.138. The van der Waals surface area contributed by atoms with Crippen molar-refractivity contribution in [2.24, 2.45) is 0 Å². The number of alkyl halides is 3. The van der Waals surface area contributed by atoms with Crippen molar-refractivity contribution in [1.29, 1.82) is 0 Å². The molecule has 0 aliphatic heterocycles. The van der Waals surface area contributed by atoms with E-state index in [4.69, 9.17) is 19.7 Å². The van der Waals surface area contributed by atoms with E-state index in [1.54, 1.807) is 42.1 Å². The smallest absolute Gasteiger partial charge is 0.416 e. The first kappa shape index (κ1) is 31.1. The van der Waals surface area contributed by atoms with Gasteiger partial charge in [0, 0.05) is 23.2 Å². The molecule has 0 unspecified atom stereocenters. The Hall–Kier alpha value is -5.32. The summed E-state index contributed by atoms with van der Waals surface area (Å²) in [4.78, 5) is 23.2. The van der Waals surface area contributed by atoms with Crippen LogP contribution in [0.1, 0.15) is 40.9 Å². The molecule has 0 fully saturated rings. The van der Waals surface area contributed by atoms with Crippen molar-refractivity contribution in [3.63, 3.8) is 0 Å². The summed E-state index contributed by atoms with van der Waals surface area (Å²) in [6, 6.07) is 22.9. The number of carboxylic acids is 1. The molecule has 4 aromatic carbocycles. The van der Waals surface area contributed by atoms with E-state index in [-0.39, 0.29) is 24.3 Å². The molecule has 45 heavy (non-hydrogen) atoms. The second-order valence-electron chi connectivity index (χ2n) is 10.4. The molecule has 1 heterocycles. The Kier molecular flexibility index (Phi) is 8.80. The van der Waals surface area contributed by atoms with E-state index in [1.165, 1.54) is 13.2 Å². The molecule has 232 valence electrons. The Balaban J connectivity index is 1.58. The van der Waals surface area contributed by atoms with Crippen LogP contribution < -0.4 is 14.8 Å². The average Bonchev–Trinajstić information content (AvgIpc) is 3.48. The number of aromatic nitrogens is 2. The Labute approximate surface area is 257 Å². The molecule has 0 saturated carbocycles. The summed E-state index contributed by atoms with van der Waals surface area (Å²) in [7, 11) is 2.99. The van der Waals surface area contributed by atoms with Gasteiger partial charge >= 0.3 is 12.1 Å². The van der Waals surface area contributed by atoms with Gasteiger partial charge in [0.15, 0.2) is 0 Å². The number of carbonyl (C=O) groups is 2. The summed E-state index contributed by atoms with van der Waals surface area (Å²) >= 11 is 0. The first-order chi connectivity index (χ1) is 21.5. The van der Waals surface area contributed by atoms with Gasteiger partial charge in [-0.05, 0) is 77.9 Å². The highest BCUT2D eigenvalue weighted by molar-refractivity contribution is 5.94. The van der Waals surface area contributed by atoms with Crippen LogP contribution in [0.5, 0.6) is 11.5 Å². The van der Waals surface area contributed by atoms with Gasteiger partial charge in [-0.2, -0.15) is 18.3 Å². The van der Waals surface area contributed by atoms with E-state index in [9.17, 15) is 22.8 Å². The molecule has 0 aliphatic rings. The Bertz CT molecular complexity index is 1870. The molecular weight excluding hydrogens is 587 g/mol. The van der Waals surface area contributed by atoms with Crippen molar-refractivity contribution in [3.8, 4) is 34.0 Å². The van der Waals surface area contributed by atoms with Crippen LogP contribution in [0.4, 0.5) is 13.2 Å². The normalized spacial score (nSPS) is 12.1. The fourth-order valence-electron chi connectivity index (χ4n) is 5.07. The molecule has 2 N–H and O–H groups in total. The third kappa shape index (κ3) is 6.77. The molecule has 11 heteroatoms.